The van der Waals surface area contributed by atoms with Crippen molar-refractivity contribution in [3.8, 4) is 0 Å². The van der Waals surface area contributed by atoms with E-state index in [0.717, 1.165) is 29.9 Å². The number of esters is 2. The summed E-state index contributed by atoms with van der Waals surface area (Å²) in [6.45, 7) is 30.2. The number of phosphoric ester groups is 1. The molecule has 0 bridgehead atoms. The number of nitrogens with one attached hydrogen (secondary N) is 3. The van der Waals surface area contributed by atoms with Gasteiger partial charge in [0, 0.05) is 24.7 Å². The van der Waals surface area contributed by atoms with Crippen LogP contribution in [-0.4, -0.2) is 67.5 Å². The number of carbonyl (C=O) groups is 4. The standard InChI is InChI=1S/C46H75N4O11P/c1-17-34(35-20-23-38(50(26-29(2)3)27-30(4)5)37(24-35)48-43(53)47-36-21-18-33(10)19-22-36)25-39(51)58-42(32(8)9)59-41(52)40(31(6)7)49-44(54)56-28-57-62(55,60-45(11,12)13)61-46(14,15)16/h18-24,29-32,34,40,42H,17,25-28H2,1-16H3,(H,49,54)(H2,47,48,53)/t34-,40-,42?/m0/s1. The Balaban J connectivity index is 2.24. The van der Waals surface area contributed by atoms with Crippen LogP contribution in [0.3, 0.4) is 0 Å². The molecular formula is C46H75N4O11P. The lowest BCUT2D eigenvalue weighted by Crippen LogP contribution is -2.47. The first kappa shape index (κ1) is 54.0. The van der Waals surface area contributed by atoms with Crippen LogP contribution in [0.5, 0.6) is 0 Å². The van der Waals surface area contributed by atoms with E-state index in [2.05, 4.69) is 48.5 Å². The third kappa shape index (κ3) is 19.9. The first-order valence-electron chi connectivity index (χ1n) is 21.6. The predicted molar refractivity (Wildman–Crippen MR) is 244 cm³/mol. The van der Waals surface area contributed by atoms with Gasteiger partial charge in [-0.05, 0) is 108 Å². The summed E-state index contributed by atoms with van der Waals surface area (Å²) in [5.74, 6) is -1.93. The van der Waals surface area contributed by atoms with Gasteiger partial charge in [-0.15, -0.1) is 0 Å². The van der Waals surface area contributed by atoms with Gasteiger partial charge in [0.1, 0.15) is 6.04 Å². The number of phosphoric acid groups is 1. The molecule has 0 saturated heterocycles. The summed E-state index contributed by atoms with van der Waals surface area (Å²) >= 11 is 0. The molecule has 3 N–H and O–H groups in total. The van der Waals surface area contributed by atoms with E-state index >= 15 is 0 Å². The Morgan fingerprint density at radius 2 is 1.32 bits per heavy atom. The Bertz CT molecular complexity index is 1770. The maximum absolute atomic E-state index is 13.6. The molecule has 0 heterocycles. The van der Waals surface area contributed by atoms with Crippen molar-refractivity contribution < 1.29 is 51.5 Å². The van der Waals surface area contributed by atoms with Crippen LogP contribution in [0.25, 0.3) is 0 Å². The summed E-state index contributed by atoms with van der Waals surface area (Å²) in [6, 6.07) is 11.8. The Hall–Kier alpha value is -4.17. The fourth-order valence-corrected chi connectivity index (χ4v) is 7.84. The zero-order chi connectivity index (χ0) is 47.2. The van der Waals surface area contributed by atoms with Gasteiger partial charge in [-0.1, -0.05) is 86.1 Å². The van der Waals surface area contributed by atoms with E-state index in [1.165, 1.54) is 0 Å². The predicted octanol–water partition coefficient (Wildman–Crippen LogP) is 11.2. The smallest absolute Gasteiger partial charge is 0.425 e. The van der Waals surface area contributed by atoms with Crippen LogP contribution >= 0.6 is 7.82 Å². The molecule has 3 atom stereocenters. The van der Waals surface area contributed by atoms with Gasteiger partial charge in [-0.25, -0.2) is 23.5 Å². The van der Waals surface area contributed by atoms with E-state index in [-0.39, 0.29) is 12.3 Å². The van der Waals surface area contributed by atoms with Crippen LogP contribution in [0.2, 0.25) is 0 Å². The highest BCUT2D eigenvalue weighted by Gasteiger charge is 2.38. The summed E-state index contributed by atoms with van der Waals surface area (Å²) in [5.41, 5.74) is 2.23. The van der Waals surface area contributed by atoms with Crippen molar-refractivity contribution in [2.45, 2.75) is 153 Å². The van der Waals surface area contributed by atoms with E-state index in [1.807, 2.05) is 56.3 Å². The number of amides is 3. The van der Waals surface area contributed by atoms with E-state index in [1.54, 1.807) is 69.2 Å². The van der Waals surface area contributed by atoms with Gasteiger partial charge in [-0.2, -0.15) is 0 Å². The topological polar surface area (TPSA) is 180 Å². The second-order valence-corrected chi connectivity index (χ2v) is 20.7. The van der Waals surface area contributed by atoms with E-state index < -0.39 is 74.0 Å². The number of carbonyl (C=O) groups excluding carboxylic acids is 4. The average molecular weight is 891 g/mol. The molecule has 0 spiro atoms. The molecule has 0 fully saturated rings. The van der Waals surface area contributed by atoms with Gasteiger partial charge in [0.05, 0.1) is 29.0 Å². The molecule has 0 aliphatic rings. The highest BCUT2D eigenvalue weighted by Crippen LogP contribution is 2.55. The number of ether oxygens (including phenoxy) is 3. The summed E-state index contributed by atoms with van der Waals surface area (Å²) in [7, 11) is -4.17. The molecular weight excluding hydrogens is 815 g/mol. The van der Waals surface area contributed by atoms with Crippen molar-refractivity contribution in [3.05, 3.63) is 53.6 Å². The minimum absolute atomic E-state index is 0.0345. The highest BCUT2D eigenvalue weighted by molar-refractivity contribution is 7.48. The van der Waals surface area contributed by atoms with Crippen molar-refractivity contribution in [1.82, 2.24) is 5.32 Å². The van der Waals surface area contributed by atoms with Crippen molar-refractivity contribution in [1.29, 1.82) is 0 Å². The largest absolute Gasteiger partial charge is 0.478 e. The number of anilines is 3. The number of nitrogens with zero attached hydrogens (tertiary/aromatic N) is 1. The minimum Gasteiger partial charge on any atom is -0.425 e. The molecule has 2 aromatic rings. The second-order valence-electron chi connectivity index (χ2n) is 19.2. The van der Waals surface area contributed by atoms with Crippen LogP contribution in [0.4, 0.5) is 26.7 Å². The Morgan fingerprint density at radius 3 is 1.81 bits per heavy atom. The zero-order valence-corrected chi connectivity index (χ0v) is 40.9. The number of alkyl carbamates (subject to hydrolysis) is 1. The molecule has 350 valence electrons. The van der Waals surface area contributed by atoms with Gasteiger partial charge in [-0.3, -0.25) is 13.8 Å². The number of hydrogen-bond acceptors (Lipinski definition) is 12. The van der Waals surface area contributed by atoms with Crippen LogP contribution in [-0.2, 0) is 41.9 Å². The normalized spacial score (nSPS) is 13.7. The maximum atomic E-state index is 13.6. The molecule has 0 aromatic heterocycles. The van der Waals surface area contributed by atoms with Gasteiger partial charge in [0.25, 0.3) is 0 Å². The first-order valence-corrected chi connectivity index (χ1v) is 23.1. The molecule has 16 heteroatoms. The summed E-state index contributed by atoms with van der Waals surface area (Å²) in [5, 5.41) is 8.46. The third-order valence-corrected chi connectivity index (χ3v) is 10.8. The lowest BCUT2D eigenvalue weighted by atomic mass is 9.92. The Kier molecular flexibility index (Phi) is 20.9. The van der Waals surface area contributed by atoms with E-state index in [9.17, 15) is 23.7 Å². The van der Waals surface area contributed by atoms with E-state index in [4.69, 9.17) is 27.8 Å². The van der Waals surface area contributed by atoms with Gasteiger partial charge in [0.2, 0.25) is 13.1 Å². The molecule has 2 rings (SSSR count). The van der Waals surface area contributed by atoms with Gasteiger partial charge in [0.15, 0.2) is 0 Å². The monoisotopic (exact) mass is 891 g/mol. The maximum Gasteiger partial charge on any atom is 0.478 e. The number of rotatable bonds is 22. The number of benzene rings is 2. The van der Waals surface area contributed by atoms with Crippen molar-refractivity contribution in [3.63, 3.8) is 0 Å². The zero-order valence-electron chi connectivity index (χ0n) is 40.0. The molecule has 62 heavy (non-hydrogen) atoms. The van der Waals surface area contributed by atoms with E-state index in [0.29, 0.717) is 29.6 Å². The molecule has 0 aliphatic heterocycles. The SMILES string of the molecule is CC[C@@H](CC(=O)OC(OC(=O)[C@@H](NC(=O)OCOP(=O)(OC(C)(C)C)OC(C)(C)C)C(C)C)C(C)C)c1ccc(N(CC(C)C)CC(C)C)c(NC(=O)Nc2ccc(C)cc2)c1. The summed E-state index contributed by atoms with van der Waals surface area (Å²) < 4.78 is 46.2. The Labute approximate surface area is 370 Å². The molecule has 2 aromatic carbocycles. The molecule has 0 aliphatic carbocycles. The lowest BCUT2D eigenvalue weighted by molar-refractivity contribution is -0.198. The first-order chi connectivity index (χ1) is 28.6. The molecule has 3 amide bonds. The van der Waals surface area contributed by atoms with Gasteiger partial charge < -0.3 is 35.1 Å². The Morgan fingerprint density at radius 1 is 0.758 bits per heavy atom. The van der Waals surface area contributed by atoms with Crippen molar-refractivity contribution in [2.75, 3.05) is 35.4 Å². The minimum atomic E-state index is -4.17. The number of urea groups is 1. The van der Waals surface area contributed by atoms with Crippen LogP contribution in [0.1, 0.15) is 134 Å². The molecule has 1 unspecified atom stereocenters. The number of hydrogen-bond donors (Lipinski definition) is 3. The summed E-state index contributed by atoms with van der Waals surface area (Å²) in [4.78, 5) is 55.6. The second kappa shape index (κ2) is 24.0. The third-order valence-electron chi connectivity index (χ3n) is 8.86. The highest BCUT2D eigenvalue weighted by atomic mass is 31.2. The van der Waals surface area contributed by atoms with Crippen LogP contribution in [0, 0.1) is 30.6 Å². The van der Waals surface area contributed by atoms with Crippen LogP contribution < -0.4 is 20.9 Å². The van der Waals surface area contributed by atoms with Crippen LogP contribution in [0.15, 0.2) is 42.5 Å². The number of aryl methyl sites for hydroxylation is 1. The fraction of sp³-hybridized carbons (Fsp3) is 0.652. The molecule has 0 saturated carbocycles. The fourth-order valence-electron chi connectivity index (χ4n) is 6.17. The average Bonchev–Trinajstić information content (AvgIpc) is 3.10. The summed E-state index contributed by atoms with van der Waals surface area (Å²) in [6.07, 6.45) is -1.78. The quantitative estimate of drug-likeness (QED) is 0.0579. The van der Waals surface area contributed by atoms with Gasteiger partial charge >= 0.3 is 31.9 Å². The molecule has 0 radical (unpaired) electrons. The van der Waals surface area contributed by atoms with Crippen molar-refractivity contribution in [2.24, 2.45) is 23.7 Å². The van der Waals surface area contributed by atoms with Crippen molar-refractivity contribution >= 4 is 48.9 Å². The molecule has 15 nitrogen and oxygen atoms in total. The lowest BCUT2D eigenvalue weighted by Gasteiger charge is -2.31.